The zero-order chi connectivity index (χ0) is 20.4. The van der Waals surface area contributed by atoms with Crippen LogP contribution in [-0.4, -0.2) is 22.3 Å². The number of nitrogens with one attached hydrogen (secondary N) is 1. The Balaban J connectivity index is 1.58. The summed E-state index contributed by atoms with van der Waals surface area (Å²) in [5, 5.41) is 3.22. The largest absolute Gasteiger partial charge is 0.454 e. The molecule has 1 amide bonds. The highest BCUT2D eigenvalue weighted by atomic mass is 35.5. The third-order valence-electron chi connectivity index (χ3n) is 4.50. The Morgan fingerprint density at radius 3 is 2.93 bits per heavy atom. The van der Waals surface area contributed by atoms with E-state index in [-0.39, 0.29) is 6.79 Å². The predicted octanol–water partition coefficient (Wildman–Crippen LogP) is 3.86. The SMILES string of the molecule is Cn1ccnc1C(NC(=O)/C=C/c1cc(Cl)c2c(c1)OCO2)c1ccccc1F. The maximum atomic E-state index is 14.4. The van der Waals surface area contributed by atoms with Crippen molar-refractivity contribution in [3.8, 4) is 11.5 Å². The second-order valence-electron chi connectivity index (χ2n) is 6.43. The first-order chi connectivity index (χ1) is 14.0. The molecule has 1 aromatic heterocycles. The van der Waals surface area contributed by atoms with E-state index in [2.05, 4.69) is 10.3 Å². The quantitative estimate of drug-likeness (QED) is 0.645. The van der Waals surface area contributed by atoms with Crippen molar-refractivity contribution >= 4 is 23.6 Å². The summed E-state index contributed by atoms with van der Waals surface area (Å²) in [6.07, 6.45) is 6.28. The van der Waals surface area contributed by atoms with Crippen LogP contribution in [0.25, 0.3) is 6.08 Å². The van der Waals surface area contributed by atoms with E-state index in [0.29, 0.717) is 33.5 Å². The average molecular weight is 414 g/mol. The van der Waals surface area contributed by atoms with Crippen molar-refractivity contribution < 1.29 is 18.7 Å². The minimum absolute atomic E-state index is 0.108. The first-order valence-electron chi connectivity index (χ1n) is 8.82. The molecule has 0 saturated carbocycles. The lowest BCUT2D eigenvalue weighted by Crippen LogP contribution is -2.30. The highest BCUT2D eigenvalue weighted by Crippen LogP contribution is 2.40. The van der Waals surface area contributed by atoms with Gasteiger partial charge in [0, 0.05) is 31.1 Å². The third-order valence-corrected chi connectivity index (χ3v) is 4.78. The molecule has 2 aromatic carbocycles. The van der Waals surface area contributed by atoms with Crippen molar-refractivity contribution in [3.63, 3.8) is 0 Å². The predicted molar refractivity (Wildman–Crippen MR) is 106 cm³/mol. The van der Waals surface area contributed by atoms with Crippen molar-refractivity contribution in [3.05, 3.63) is 82.7 Å². The average Bonchev–Trinajstić information content (AvgIpc) is 3.34. The van der Waals surface area contributed by atoms with Crippen molar-refractivity contribution in [2.24, 2.45) is 7.05 Å². The maximum absolute atomic E-state index is 14.4. The molecule has 1 unspecified atom stereocenters. The minimum Gasteiger partial charge on any atom is -0.454 e. The van der Waals surface area contributed by atoms with Crippen LogP contribution in [0.1, 0.15) is 23.0 Å². The fourth-order valence-electron chi connectivity index (χ4n) is 3.09. The van der Waals surface area contributed by atoms with Crippen molar-refractivity contribution in [1.82, 2.24) is 14.9 Å². The zero-order valence-electron chi connectivity index (χ0n) is 15.4. The molecule has 1 aliphatic heterocycles. The van der Waals surface area contributed by atoms with Crippen molar-refractivity contribution in [1.29, 1.82) is 0 Å². The fraction of sp³-hybridized carbons (Fsp3) is 0.143. The molecule has 8 heteroatoms. The summed E-state index contributed by atoms with van der Waals surface area (Å²) in [6, 6.07) is 8.94. The molecular weight excluding hydrogens is 397 g/mol. The van der Waals surface area contributed by atoms with Crippen LogP contribution in [0.4, 0.5) is 4.39 Å². The molecule has 148 valence electrons. The summed E-state index contributed by atoms with van der Waals surface area (Å²) in [7, 11) is 1.78. The molecule has 29 heavy (non-hydrogen) atoms. The summed E-state index contributed by atoms with van der Waals surface area (Å²) in [6.45, 7) is 0.108. The molecule has 6 nitrogen and oxygen atoms in total. The van der Waals surface area contributed by atoms with Crippen LogP contribution in [0.15, 0.2) is 54.9 Å². The molecular formula is C21H17ClFN3O3. The number of aryl methyl sites for hydroxylation is 1. The van der Waals surface area contributed by atoms with Gasteiger partial charge in [0.1, 0.15) is 17.7 Å². The van der Waals surface area contributed by atoms with Gasteiger partial charge in [-0.3, -0.25) is 4.79 Å². The Labute approximate surface area is 171 Å². The molecule has 0 aliphatic carbocycles. The number of benzene rings is 2. The molecule has 0 bridgehead atoms. The lowest BCUT2D eigenvalue weighted by Gasteiger charge is -2.19. The van der Waals surface area contributed by atoms with Gasteiger partial charge >= 0.3 is 0 Å². The van der Waals surface area contributed by atoms with Crippen molar-refractivity contribution in [2.45, 2.75) is 6.04 Å². The molecule has 1 N–H and O–H groups in total. The van der Waals surface area contributed by atoms with Gasteiger partial charge in [-0.05, 0) is 29.8 Å². The number of carbonyl (C=O) groups excluding carboxylic acids is 1. The highest BCUT2D eigenvalue weighted by molar-refractivity contribution is 6.32. The van der Waals surface area contributed by atoms with Gasteiger partial charge in [0.2, 0.25) is 12.7 Å². The van der Waals surface area contributed by atoms with Gasteiger partial charge in [-0.25, -0.2) is 9.37 Å². The van der Waals surface area contributed by atoms with E-state index in [0.717, 1.165) is 0 Å². The minimum atomic E-state index is -0.742. The van der Waals surface area contributed by atoms with Crippen LogP contribution in [0.5, 0.6) is 11.5 Å². The first-order valence-corrected chi connectivity index (χ1v) is 9.20. The molecule has 3 aromatic rings. The number of carbonyl (C=O) groups is 1. The third kappa shape index (κ3) is 3.95. The van der Waals surface area contributed by atoms with Gasteiger partial charge in [0.25, 0.3) is 0 Å². The number of amides is 1. The summed E-state index contributed by atoms with van der Waals surface area (Å²) in [5.74, 6) is 0.697. The first kappa shape index (κ1) is 19.0. The Bertz CT molecular complexity index is 1100. The van der Waals surface area contributed by atoms with E-state index in [4.69, 9.17) is 21.1 Å². The topological polar surface area (TPSA) is 65.4 Å². The monoisotopic (exact) mass is 413 g/mol. The van der Waals surface area contributed by atoms with Crippen LogP contribution in [0.3, 0.4) is 0 Å². The number of aromatic nitrogens is 2. The number of nitrogens with zero attached hydrogens (tertiary/aromatic N) is 2. The molecule has 0 fully saturated rings. The fourth-order valence-corrected chi connectivity index (χ4v) is 3.37. The summed E-state index contributed by atoms with van der Waals surface area (Å²) >= 11 is 6.16. The molecule has 4 rings (SSSR count). The van der Waals surface area contributed by atoms with Crippen LogP contribution >= 0.6 is 11.6 Å². The Morgan fingerprint density at radius 1 is 1.34 bits per heavy atom. The van der Waals surface area contributed by atoms with Gasteiger partial charge in [0.05, 0.1) is 5.02 Å². The lowest BCUT2D eigenvalue weighted by atomic mass is 10.1. The van der Waals surface area contributed by atoms with E-state index in [1.165, 1.54) is 12.1 Å². The molecule has 1 atom stereocenters. The number of ether oxygens (including phenoxy) is 2. The second-order valence-corrected chi connectivity index (χ2v) is 6.84. The van der Waals surface area contributed by atoms with E-state index in [1.807, 2.05) is 0 Å². The Hall–Kier alpha value is -3.32. The number of hydrogen-bond acceptors (Lipinski definition) is 4. The second kappa shape index (κ2) is 7.97. The van der Waals surface area contributed by atoms with E-state index >= 15 is 0 Å². The highest BCUT2D eigenvalue weighted by Gasteiger charge is 2.23. The van der Waals surface area contributed by atoms with Gasteiger partial charge in [-0.15, -0.1) is 0 Å². The molecule has 0 spiro atoms. The number of rotatable bonds is 5. The van der Waals surface area contributed by atoms with E-state index < -0.39 is 17.8 Å². The summed E-state index contributed by atoms with van der Waals surface area (Å²) < 4.78 is 26.7. The Morgan fingerprint density at radius 2 is 2.17 bits per heavy atom. The summed E-state index contributed by atoms with van der Waals surface area (Å²) in [4.78, 5) is 16.9. The van der Waals surface area contributed by atoms with Crippen LogP contribution in [-0.2, 0) is 11.8 Å². The molecule has 0 saturated heterocycles. The van der Waals surface area contributed by atoms with Crippen LogP contribution in [0, 0.1) is 5.82 Å². The van der Waals surface area contributed by atoms with E-state index in [9.17, 15) is 9.18 Å². The summed E-state index contributed by atoms with van der Waals surface area (Å²) in [5.41, 5.74) is 1.00. The molecule has 1 aliphatic rings. The lowest BCUT2D eigenvalue weighted by molar-refractivity contribution is -0.117. The van der Waals surface area contributed by atoms with Crippen molar-refractivity contribution in [2.75, 3.05) is 6.79 Å². The zero-order valence-corrected chi connectivity index (χ0v) is 16.2. The maximum Gasteiger partial charge on any atom is 0.244 e. The van der Waals surface area contributed by atoms with Gasteiger partial charge in [0.15, 0.2) is 11.5 Å². The van der Waals surface area contributed by atoms with Crippen LogP contribution < -0.4 is 14.8 Å². The number of fused-ring (bicyclic) bond motifs is 1. The van der Waals surface area contributed by atoms with Crippen LogP contribution in [0.2, 0.25) is 5.02 Å². The smallest absolute Gasteiger partial charge is 0.244 e. The number of imidazole rings is 1. The number of hydrogen-bond donors (Lipinski definition) is 1. The Kier molecular flexibility index (Phi) is 5.22. The standard InChI is InChI=1S/C21H17ClFN3O3/c1-26-9-8-24-21(26)19(14-4-2-3-5-16(14)23)25-18(27)7-6-13-10-15(22)20-17(11-13)28-12-29-20/h2-11,19H,12H2,1H3,(H,25,27)/b7-6+. The molecule has 2 heterocycles. The van der Waals surface area contributed by atoms with Gasteiger partial charge in [-0.2, -0.15) is 0 Å². The van der Waals surface area contributed by atoms with Gasteiger partial charge < -0.3 is 19.4 Å². The van der Waals surface area contributed by atoms with E-state index in [1.54, 1.807) is 60.4 Å². The number of halogens is 2. The van der Waals surface area contributed by atoms with Gasteiger partial charge in [-0.1, -0.05) is 29.8 Å². The normalized spacial score (nSPS) is 13.6. The molecule has 0 radical (unpaired) electrons.